The van der Waals surface area contributed by atoms with E-state index in [2.05, 4.69) is 11.4 Å². The molecule has 4 rings (SSSR count). The normalized spacial score (nSPS) is 25.2. The van der Waals surface area contributed by atoms with Gasteiger partial charge in [0.2, 0.25) is 5.91 Å². The van der Waals surface area contributed by atoms with Crippen LogP contribution in [0.2, 0.25) is 0 Å². The van der Waals surface area contributed by atoms with Gasteiger partial charge in [-0.1, -0.05) is 60.7 Å². The lowest BCUT2D eigenvalue weighted by atomic mass is 10.0. The summed E-state index contributed by atoms with van der Waals surface area (Å²) in [6, 6.07) is 21.0. The Balaban J connectivity index is 1.56. The second kappa shape index (κ2) is 9.40. The van der Waals surface area contributed by atoms with Crippen LogP contribution in [0.25, 0.3) is 0 Å². The van der Waals surface area contributed by atoms with Gasteiger partial charge in [0.15, 0.2) is 0 Å². The van der Waals surface area contributed by atoms with Crippen molar-refractivity contribution in [3.8, 4) is 6.07 Å². The Morgan fingerprint density at radius 1 is 1.13 bits per heavy atom. The zero-order chi connectivity index (χ0) is 20.9. The summed E-state index contributed by atoms with van der Waals surface area (Å²) < 4.78 is 5.39. The third-order valence-electron chi connectivity index (χ3n) is 6.16. The van der Waals surface area contributed by atoms with E-state index < -0.39 is 6.04 Å². The maximum atomic E-state index is 13.3. The van der Waals surface area contributed by atoms with Crippen molar-refractivity contribution >= 4 is 5.91 Å². The smallest absolute Gasteiger partial charge is 0.226 e. The van der Waals surface area contributed by atoms with Gasteiger partial charge in [-0.05, 0) is 11.1 Å². The van der Waals surface area contributed by atoms with E-state index in [0.717, 1.165) is 11.1 Å². The van der Waals surface area contributed by atoms with Crippen molar-refractivity contribution in [1.29, 1.82) is 5.26 Å². The highest BCUT2D eigenvalue weighted by Gasteiger charge is 2.60. The number of ether oxygens (including phenoxy) is 1. The average Bonchev–Trinajstić information content (AvgIpc) is 3.56. The minimum atomic E-state index is -0.539. The van der Waals surface area contributed by atoms with Crippen molar-refractivity contribution in [1.82, 2.24) is 10.2 Å². The van der Waals surface area contributed by atoms with Crippen LogP contribution >= 0.6 is 0 Å². The Morgan fingerprint density at radius 3 is 2.37 bits per heavy atom. The minimum absolute atomic E-state index is 0.00573. The molecule has 2 N–H and O–H groups in total. The van der Waals surface area contributed by atoms with Crippen LogP contribution in [-0.4, -0.2) is 54.9 Å². The van der Waals surface area contributed by atoms with Gasteiger partial charge in [-0.3, -0.25) is 10.1 Å². The number of nitrogens with one attached hydrogen (secondary N) is 1. The van der Waals surface area contributed by atoms with E-state index in [4.69, 9.17) is 4.74 Å². The second-order valence-electron chi connectivity index (χ2n) is 7.90. The molecule has 0 radical (unpaired) electrons. The SMILES string of the molecule is N#C[C@@H](N[C@@H](CO)c1ccccc1)[C@@H]1[C@H](C(=O)N2CCOCC2)[C@@H]1c1ccccc1. The van der Waals surface area contributed by atoms with Gasteiger partial charge < -0.3 is 14.7 Å². The molecule has 156 valence electrons. The fraction of sp³-hybridized carbons (Fsp3) is 0.417. The van der Waals surface area contributed by atoms with E-state index in [0.29, 0.717) is 26.3 Å². The zero-order valence-electron chi connectivity index (χ0n) is 16.9. The van der Waals surface area contributed by atoms with Crippen LogP contribution < -0.4 is 5.32 Å². The molecule has 6 heteroatoms. The fourth-order valence-electron chi connectivity index (χ4n) is 4.56. The van der Waals surface area contributed by atoms with Crippen molar-refractivity contribution in [2.45, 2.75) is 18.0 Å². The van der Waals surface area contributed by atoms with Crippen molar-refractivity contribution in [3.05, 3.63) is 71.8 Å². The van der Waals surface area contributed by atoms with Crippen LogP contribution in [0.15, 0.2) is 60.7 Å². The van der Waals surface area contributed by atoms with Crippen LogP contribution in [0, 0.1) is 23.2 Å². The molecule has 0 aromatic heterocycles. The Labute approximate surface area is 177 Å². The maximum absolute atomic E-state index is 13.3. The van der Waals surface area contributed by atoms with Gasteiger partial charge in [-0.25, -0.2) is 0 Å². The number of aliphatic hydroxyl groups excluding tert-OH is 1. The molecule has 2 aromatic carbocycles. The highest BCUT2D eigenvalue weighted by Crippen LogP contribution is 2.56. The van der Waals surface area contributed by atoms with Crippen molar-refractivity contribution in [2.24, 2.45) is 11.8 Å². The first-order valence-electron chi connectivity index (χ1n) is 10.5. The average molecular weight is 405 g/mol. The van der Waals surface area contributed by atoms with Gasteiger partial charge in [-0.15, -0.1) is 0 Å². The summed E-state index contributed by atoms with van der Waals surface area (Å²) in [4.78, 5) is 15.1. The highest BCUT2D eigenvalue weighted by atomic mass is 16.5. The third kappa shape index (κ3) is 4.24. The number of hydrogen-bond donors (Lipinski definition) is 2. The molecule has 5 atom stereocenters. The highest BCUT2D eigenvalue weighted by molar-refractivity contribution is 5.84. The lowest BCUT2D eigenvalue weighted by Crippen LogP contribution is -2.43. The molecule has 1 saturated heterocycles. The van der Waals surface area contributed by atoms with Crippen LogP contribution in [0.3, 0.4) is 0 Å². The number of hydrogen-bond acceptors (Lipinski definition) is 5. The van der Waals surface area contributed by atoms with Crippen molar-refractivity contribution in [3.63, 3.8) is 0 Å². The molecule has 1 saturated carbocycles. The lowest BCUT2D eigenvalue weighted by molar-refractivity contribution is -0.137. The quantitative estimate of drug-likeness (QED) is 0.737. The van der Waals surface area contributed by atoms with Crippen LogP contribution in [0.4, 0.5) is 0 Å². The van der Waals surface area contributed by atoms with Gasteiger partial charge in [0.25, 0.3) is 0 Å². The predicted octanol–water partition coefficient (Wildman–Crippen LogP) is 2.09. The Kier molecular flexibility index (Phi) is 6.44. The van der Waals surface area contributed by atoms with Gasteiger partial charge in [0, 0.05) is 24.9 Å². The molecule has 1 heterocycles. The van der Waals surface area contributed by atoms with Gasteiger partial charge in [-0.2, -0.15) is 5.26 Å². The van der Waals surface area contributed by atoms with E-state index in [1.807, 2.05) is 65.6 Å². The summed E-state index contributed by atoms with van der Waals surface area (Å²) in [7, 11) is 0. The Morgan fingerprint density at radius 2 is 1.77 bits per heavy atom. The predicted molar refractivity (Wildman–Crippen MR) is 112 cm³/mol. The maximum Gasteiger partial charge on any atom is 0.226 e. The molecular weight excluding hydrogens is 378 g/mol. The standard InChI is InChI=1S/C24H27N3O3/c25-15-19(26-20(16-28)17-7-3-1-4-8-17)22-21(18-9-5-2-6-10-18)23(22)24(29)27-11-13-30-14-12-27/h1-10,19-23,26,28H,11-14,16H2/t19-,20+,21-,22+,23-/m1/s1. The number of carbonyl (C=O) groups excluding carboxylic acids is 1. The molecule has 0 unspecified atom stereocenters. The fourth-order valence-corrected chi connectivity index (χ4v) is 4.56. The second-order valence-corrected chi connectivity index (χ2v) is 7.90. The number of amides is 1. The molecule has 1 aliphatic carbocycles. The zero-order valence-corrected chi connectivity index (χ0v) is 16.9. The monoisotopic (exact) mass is 405 g/mol. The molecule has 2 aliphatic rings. The number of nitrogens with zero attached hydrogens (tertiary/aromatic N) is 2. The molecule has 30 heavy (non-hydrogen) atoms. The van der Waals surface area contributed by atoms with Crippen molar-refractivity contribution in [2.75, 3.05) is 32.9 Å². The first kappa shape index (κ1) is 20.5. The summed E-state index contributed by atoms with van der Waals surface area (Å²) in [5, 5.41) is 23.2. The van der Waals surface area contributed by atoms with Gasteiger partial charge in [0.05, 0.1) is 37.8 Å². The molecule has 6 nitrogen and oxygen atoms in total. The summed E-state index contributed by atoms with van der Waals surface area (Å²) >= 11 is 0. The van der Waals surface area contributed by atoms with E-state index >= 15 is 0 Å². The van der Waals surface area contributed by atoms with Crippen LogP contribution in [0.1, 0.15) is 23.1 Å². The van der Waals surface area contributed by atoms with E-state index in [-0.39, 0.29) is 36.3 Å². The minimum Gasteiger partial charge on any atom is -0.394 e. The van der Waals surface area contributed by atoms with E-state index in [9.17, 15) is 15.2 Å². The number of carbonyl (C=O) groups is 1. The van der Waals surface area contributed by atoms with Crippen molar-refractivity contribution < 1.29 is 14.6 Å². The summed E-state index contributed by atoms with van der Waals surface area (Å²) in [5.74, 6) is -0.281. The topological polar surface area (TPSA) is 85.6 Å². The molecule has 0 spiro atoms. The number of rotatable bonds is 7. The molecular formula is C24H27N3O3. The van der Waals surface area contributed by atoms with Crippen LogP contribution in [0.5, 0.6) is 0 Å². The van der Waals surface area contributed by atoms with E-state index in [1.54, 1.807) is 0 Å². The number of benzene rings is 2. The summed E-state index contributed by atoms with van der Waals surface area (Å²) in [6.07, 6.45) is 0. The molecule has 0 bridgehead atoms. The molecule has 1 amide bonds. The van der Waals surface area contributed by atoms with Crippen LogP contribution in [-0.2, 0) is 9.53 Å². The molecule has 2 fully saturated rings. The number of morpholine rings is 1. The Bertz CT molecular complexity index is 878. The number of nitriles is 1. The third-order valence-corrected chi connectivity index (χ3v) is 6.16. The van der Waals surface area contributed by atoms with Gasteiger partial charge in [0.1, 0.15) is 6.04 Å². The number of aliphatic hydroxyl groups is 1. The summed E-state index contributed by atoms with van der Waals surface area (Å²) in [6.45, 7) is 2.18. The molecule has 1 aliphatic heterocycles. The first-order chi connectivity index (χ1) is 14.7. The Hall–Kier alpha value is -2.72. The first-order valence-corrected chi connectivity index (χ1v) is 10.5. The lowest BCUT2D eigenvalue weighted by Gasteiger charge is -2.27. The molecule has 2 aromatic rings. The van der Waals surface area contributed by atoms with Gasteiger partial charge >= 0.3 is 0 Å². The largest absolute Gasteiger partial charge is 0.394 e. The van der Waals surface area contributed by atoms with E-state index in [1.165, 1.54) is 0 Å². The summed E-state index contributed by atoms with van der Waals surface area (Å²) in [5.41, 5.74) is 2.00.